The van der Waals surface area contributed by atoms with Gasteiger partial charge in [0.15, 0.2) is 5.82 Å². The highest BCUT2D eigenvalue weighted by Gasteiger charge is 2.43. The van der Waals surface area contributed by atoms with E-state index in [1.807, 2.05) is 11.7 Å². The van der Waals surface area contributed by atoms with Crippen LogP contribution in [0.5, 0.6) is 0 Å². The molecule has 3 rings (SSSR count). The Morgan fingerprint density at radius 2 is 2.38 bits per heavy atom. The fourth-order valence-corrected chi connectivity index (χ4v) is 2.72. The van der Waals surface area contributed by atoms with Crippen molar-refractivity contribution in [3.63, 3.8) is 0 Å². The van der Waals surface area contributed by atoms with E-state index >= 15 is 0 Å². The standard InChI is InChI=1S/C10H17N5O/c1-6(11-2)10-12-13-14-15(10)8-5-7-3-4-9(8)16-7/h6-9,11H,3-5H2,1-2H3. The van der Waals surface area contributed by atoms with E-state index in [1.165, 1.54) is 6.42 Å². The van der Waals surface area contributed by atoms with Crippen molar-refractivity contribution in [2.24, 2.45) is 0 Å². The fraction of sp³-hybridized carbons (Fsp3) is 0.900. The van der Waals surface area contributed by atoms with Crippen molar-refractivity contribution in [1.82, 2.24) is 25.5 Å². The first-order valence-corrected chi connectivity index (χ1v) is 5.90. The van der Waals surface area contributed by atoms with Gasteiger partial charge in [-0.25, -0.2) is 4.68 Å². The summed E-state index contributed by atoms with van der Waals surface area (Å²) in [5, 5.41) is 15.2. The predicted octanol–water partition coefficient (Wildman–Crippen LogP) is 0.446. The third-order valence-electron chi connectivity index (χ3n) is 3.73. The van der Waals surface area contributed by atoms with E-state index in [1.54, 1.807) is 0 Å². The molecular formula is C10H17N5O. The molecule has 2 aliphatic heterocycles. The predicted molar refractivity (Wildman–Crippen MR) is 56.8 cm³/mol. The number of rotatable bonds is 3. The molecule has 6 heteroatoms. The third kappa shape index (κ3) is 1.44. The van der Waals surface area contributed by atoms with Crippen LogP contribution >= 0.6 is 0 Å². The van der Waals surface area contributed by atoms with Crippen LogP contribution in [0.3, 0.4) is 0 Å². The van der Waals surface area contributed by atoms with Crippen LogP contribution in [0.2, 0.25) is 0 Å². The molecular weight excluding hydrogens is 206 g/mol. The maximum atomic E-state index is 5.84. The Bertz CT molecular complexity index is 379. The average Bonchev–Trinajstić information content (AvgIpc) is 3.01. The summed E-state index contributed by atoms with van der Waals surface area (Å²) in [6.45, 7) is 2.07. The number of nitrogens with one attached hydrogen (secondary N) is 1. The SMILES string of the molecule is CNC(C)c1nnnn1C1CC2CCC1O2. The molecule has 1 N–H and O–H groups in total. The topological polar surface area (TPSA) is 64.9 Å². The molecule has 2 fully saturated rings. The quantitative estimate of drug-likeness (QED) is 0.805. The van der Waals surface area contributed by atoms with Crippen LogP contribution in [0.1, 0.15) is 44.1 Å². The minimum atomic E-state index is 0.175. The second-order valence-corrected chi connectivity index (χ2v) is 4.67. The van der Waals surface area contributed by atoms with Crippen LogP contribution in [-0.4, -0.2) is 39.5 Å². The molecule has 4 atom stereocenters. The van der Waals surface area contributed by atoms with Crippen LogP contribution in [0.15, 0.2) is 0 Å². The number of ether oxygens (including phenoxy) is 1. The lowest BCUT2D eigenvalue weighted by Crippen LogP contribution is -2.27. The van der Waals surface area contributed by atoms with E-state index in [0.717, 1.165) is 18.7 Å². The van der Waals surface area contributed by atoms with E-state index in [-0.39, 0.29) is 6.04 Å². The summed E-state index contributed by atoms with van der Waals surface area (Å²) in [5.74, 6) is 0.906. The van der Waals surface area contributed by atoms with Gasteiger partial charge in [0.2, 0.25) is 0 Å². The Hall–Kier alpha value is -1.01. The molecule has 1 aromatic rings. The summed E-state index contributed by atoms with van der Waals surface area (Å²) >= 11 is 0. The zero-order valence-corrected chi connectivity index (χ0v) is 9.63. The molecule has 2 saturated heterocycles. The van der Waals surface area contributed by atoms with E-state index in [4.69, 9.17) is 4.74 Å². The molecule has 0 saturated carbocycles. The van der Waals surface area contributed by atoms with E-state index in [9.17, 15) is 0 Å². The molecule has 16 heavy (non-hydrogen) atoms. The number of aromatic nitrogens is 4. The van der Waals surface area contributed by atoms with Gasteiger partial charge in [0.1, 0.15) is 0 Å². The minimum absolute atomic E-state index is 0.175. The molecule has 1 aromatic heterocycles. The first-order chi connectivity index (χ1) is 7.79. The highest BCUT2D eigenvalue weighted by molar-refractivity contribution is 4.98. The Kier molecular flexibility index (Phi) is 2.40. The van der Waals surface area contributed by atoms with Crippen LogP contribution in [0.4, 0.5) is 0 Å². The van der Waals surface area contributed by atoms with Crippen LogP contribution < -0.4 is 5.32 Å². The Balaban J connectivity index is 1.87. The van der Waals surface area contributed by atoms with Crippen molar-refractivity contribution in [3.8, 4) is 0 Å². The number of hydrogen-bond donors (Lipinski definition) is 1. The molecule has 88 valence electrons. The first kappa shape index (κ1) is 10.2. The molecule has 2 aliphatic rings. The smallest absolute Gasteiger partial charge is 0.168 e. The second kappa shape index (κ2) is 3.78. The van der Waals surface area contributed by atoms with Crippen molar-refractivity contribution in [2.75, 3.05) is 7.05 Å². The molecule has 0 aromatic carbocycles. The van der Waals surface area contributed by atoms with Gasteiger partial charge in [0, 0.05) is 0 Å². The number of tetrazole rings is 1. The largest absolute Gasteiger partial charge is 0.373 e. The van der Waals surface area contributed by atoms with Gasteiger partial charge in [0.05, 0.1) is 24.3 Å². The van der Waals surface area contributed by atoms with Gasteiger partial charge < -0.3 is 10.1 Å². The lowest BCUT2D eigenvalue weighted by Gasteiger charge is -2.21. The second-order valence-electron chi connectivity index (χ2n) is 4.67. The summed E-state index contributed by atoms with van der Waals surface area (Å²) in [6.07, 6.45) is 4.13. The first-order valence-electron chi connectivity index (χ1n) is 5.90. The van der Waals surface area contributed by atoms with E-state index in [0.29, 0.717) is 18.2 Å². The molecule has 6 nitrogen and oxygen atoms in total. The third-order valence-corrected chi connectivity index (χ3v) is 3.73. The number of hydrogen-bond acceptors (Lipinski definition) is 5. The van der Waals surface area contributed by atoms with Crippen LogP contribution in [0, 0.1) is 0 Å². The minimum Gasteiger partial charge on any atom is -0.373 e. The van der Waals surface area contributed by atoms with Gasteiger partial charge in [0.25, 0.3) is 0 Å². The van der Waals surface area contributed by atoms with Gasteiger partial charge in [-0.2, -0.15) is 0 Å². The highest BCUT2D eigenvalue weighted by Crippen LogP contribution is 2.41. The van der Waals surface area contributed by atoms with Gasteiger partial charge in [-0.05, 0) is 43.7 Å². The maximum absolute atomic E-state index is 5.84. The monoisotopic (exact) mass is 223 g/mol. The summed E-state index contributed by atoms with van der Waals surface area (Å²) in [7, 11) is 1.92. The Morgan fingerprint density at radius 3 is 3.00 bits per heavy atom. The normalized spacial score (nSPS) is 34.5. The number of nitrogens with zero attached hydrogens (tertiary/aromatic N) is 4. The van der Waals surface area contributed by atoms with E-state index < -0.39 is 0 Å². The van der Waals surface area contributed by atoms with E-state index in [2.05, 4.69) is 27.8 Å². The van der Waals surface area contributed by atoms with Gasteiger partial charge in [-0.1, -0.05) is 0 Å². The molecule has 4 unspecified atom stereocenters. The Morgan fingerprint density at radius 1 is 1.50 bits per heavy atom. The van der Waals surface area contributed by atoms with Gasteiger partial charge >= 0.3 is 0 Å². The van der Waals surface area contributed by atoms with Crippen LogP contribution in [0.25, 0.3) is 0 Å². The average molecular weight is 223 g/mol. The molecule has 2 bridgehead atoms. The fourth-order valence-electron chi connectivity index (χ4n) is 2.72. The summed E-state index contributed by atoms with van der Waals surface area (Å²) in [5.41, 5.74) is 0. The van der Waals surface area contributed by atoms with Crippen molar-refractivity contribution in [3.05, 3.63) is 5.82 Å². The summed E-state index contributed by atoms with van der Waals surface area (Å²) in [6, 6.07) is 0.508. The molecule has 0 radical (unpaired) electrons. The zero-order chi connectivity index (χ0) is 11.1. The van der Waals surface area contributed by atoms with Gasteiger partial charge in [-0.3, -0.25) is 0 Å². The lowest BCUT2D eigenvalue weighted by molar-refractivity contribution is 0.0912. The zero-order valence-electron chi connectivity index (χ0n) is 9.63. The maximum Gasteiger partial charge on any atom is 0.168 e. The van der Waals surface area contributed by atoms with Crippen molar-refractivity contribution >= 4 is 0 Å². The lowest BCUT2D eigenvalue weighted by atomic mass is 9.95. The molecule has 0 amide bonds. The molecule has 3 heterocycles. The summed E-state index contributed by atoms with van der Waals surface area (Å²) < 4.78 is 7.79. The van der Waals surface area contributed by atoms with Gasteiger partial charge in [-0.15, -0.1) is 5.10 Å². The highest BCUT2D eigenvalue weighted by atomic mass is 16.5. The van der Waals surface area contributed by atoms with Crippen molar-refractivity contribution in [2.45, 2.75) is 50.5 Å². The van der Waals surface area contributed by atoms with Crippen LogP contribution in [-0.2, 0) is 4.74 Å². The van der Waals surface area contributed by atoms with Crippen molar-refractivity contribution in [1.29, 1.82) is 0 Å². The molecule has 0 aliphatic carbocycles. The van der Waals surface area contributed by atoms with Crippen molar-refractivity contribution < 1.29 is 4.74 Å². The molecule has 0 spiro atoms. The summed E-state index contributed by atoms with van der Waals surface area (Å²) in [4.78, 5) is 0. The Labute approximate surface area is 94.4 Å². The number of fused-ring (bicyclic) bond motifs is 2.